The second-order valence-corrected chi connectivity index (χ2v) is 3.90. The van der Waals surface area contributed by atoms with Crippen LogP contribution in [0.2, 0.25) is 0 Å². The molecule has 2 rings (SSSR count). The third kappa shape index (κ3) is 0.622. The molecule has 0 N–H and O–H groups in total. The van der Waals surface area contributed by atoms with Gasteiger partial charge in [0, 0.05) is 0 Å². The summed E-state index contributed by atoms with van der Waals surface area (Å²) in [6.45, 7) is 6.23. The summed E-state index contributed by atoms with van der Waals surface area (Å²) in [5.41, 5.74) is 0.430. The Hall–Kier alpha value is -0.520. The van der Waals surface area contributed by atoms with Crippen molar-refractivity contribution in [3.05, 3.63) is 24.8 Å². The highest BCUT2D eigenvalue weighted by Crippen LogP contribution is 2.52. The van der Waals surface area contributed by atoms with E-state index < -0.39 is 0 Å². The molecule has 0 amide bonds. The second-order valence-electron chi connectivity index (χ2n) is 3.90. The molecule has 2 aliphatic carbocycles. The van der Waals surface area contributed by atoms with E-state index in [4.69, 9.17) is 0 Å². The van der Waals surface area contributed by atoms with Gasteiger partial charge in [-0.2, -0.15) is 0 Å². The first kappa shape index (κ1) is 6.21. The summed E-state index contributed by atoms with van der Waals surface area (Å²) < 4.78 is 0. The van der Waals surface area contributed by atoms with Gasteiger partial charge in [0.25, 0.3) is 0 Å². The molecule has 0 radical (unpaired) electrons. The summed E-state index contributed by atoms with van der Waals surface area (Å²) in [7, 11) is 0. The van der Waals surface area contributed by atoms with E-state index in [1.54, 1.807) is 0 Å². The lowest BCUT2D eigenvalue weighted by Crippen LogP contribution is -2.17. The van der Waals surface area contributed by atoms with Gasteiger partial charge >= 0.3 is 0 Å². The molecule has 3 atom stereocenters. The average Bonchev–Trinajstić information content (AvgIpc) is 2.46. The van der Waals surface area contributed by atoms with Crippen LogP contribution < -0.4 is 0 Å². The Kier molecular flexibility index (Phi) is 1.08. The molecule has 2 bridgehead atoms. The maximum Gasteiger partial charge on any atom is -0.00807 e. The van der Waals surface area contributed by atoms with Gasteiger partial charge in [-0.05, 0) is 30.1 Å². The summed E-state index contributed by atoms with van der Waals surface area (Å²) >= 11 is 0. The molecule has 0 heterocycles. The lowest BCUT2D eigenvalue weighted by atomic mass is 9.78. The number of rotatable bonds is 1. The minimum Gasteiger partial charge on any atom is -0.103 e. The monoisotopic (exact) mass is 134 g/mol. The number of fused-ring (bicyclic) bond motifs is 2. The third-order valence-corrected chi connectivity index (χ3v) is 3.19. The molecule has 0 aliphatic heterocycles. The van der Waals surface area contributed by atoms with Crippen molar-refractivity contribution in [2.45, 2.75) is 19.8 Å². The topological polar surface area (TPSA) is 0 Å². The van der Waals surface area contributed by atoms with E-state index in [0.717, 1.165) is 11.8 Å². The van der Waals surface area contributed by atoms with Crippen LogP contribution in [0.5, 0.6) is 0 Å². The van der Waals surface area contributed by atoms with Crippen LogP contribution in [-0.2, 0) is 0 Å². The summed E-state index contributed by atoms with van der Waals surface area (Å²) in [5, 5.41) is 0. The van der Waals surface area contributed by atoms with Crippen molar-refractivity contribution < 1.29 is 0 Å². The van der Waals surface area contributed by atoms with Gasteiger partial charge in [0.15, 0.2) is 0 Å². The van der Waals surface area contributed by atoms with E-state index in [2.05, 4.69) is 31.7 Å². The molecule has 1 saturated carbocycles. The van der Waals surface area contributed by atoms with Gasteiger partial charge in [-0.1, -0.05) is 25.2 Å². The average molecular weight is 134 g/mol. The van der Waals surface area contributed by atoms with E-state index in [-0.39, 0.29) is 0 Å². The van der Waals surface area contributed by atoms with Gasteiger partial charge in [0.2, 0.25) is 0 Å². The van der Waals surface area contributed by atoms with Gasteiger partial charge in [-0.3, -0.25) is 0 Å². The zero-order chi connectivity index (χ0) is 7.19. The normalized spacial score (nSPS) is 50.1. The van der Waals surface area contributed by atoms with E-state index >= 15 is 0 Å². The van der Waals surface area contributed by atoms with Crippen LogP contribution in [0, 0.1) is 17.3 Å². The third-order valence-electron chi connectivity index (χ3n) is 3.19. The Morgan fingerprint density at radius 3 is 2.70 bits per heavy atom. The molecule has 1 fully saturated rings. The minimum atomic E-state index is 0.430. The van der Waals surface area contributed by atoms with Crippen molar-refractivity contribution in [3.8, 4) is 0 Å². The number of hydrogen-bond donors (Lipinski definition) is 0. The smallest absolute Gasteiger partial charge is 0.00807 e. The molecule has 10 heavy (non-hydrogen) atoms. The largest absolute Gasteiger partial charge is 0.103 e. The van der Waals surface area contributed by atoms with Crippen LogP contribution in [0.3, 0.4) is 0 Å². The molecular weight excluding hydrogens is 120 g/mol. The maximum absolute atomic E-state index is 3.90. The fraction of sp³-hybridized carbons (Fsp3) is 0.600. The number of hydrogen-bond acceptors (Lipinski definition) is 0. The maximum atomic E-state index is 3.90. The fourth-order valence-corrected chi connectivity index (χ4v) is 2.37. The summed E-state index contributed by atoms with van der Waals surface area (Å²) in [4.78, 5) is 0. The minimum absolute atomic E-state index is 0.430. The molecule has 0 aromatic carbocycles. The van der Waals surface area contributed by atoms with Crippen molar-refractivity contribution in [1.29, 1.82) is 0 Å². The Bertz CT molecular complexity index is 190. The van der Waals surface area contributed by atoms with Gasteiger partial charge in [-0.25, -0.2) is 0 Å². The molecule has 0 aromatic rings. The van der Waals surface area contributed by atoms with Gasteiger partial charge in [0.05, 0.1) is 0 Å². The van der Waals surface area contributed by atoms with Crippen LogP contribution in [0.25, 0.3) is 0 Å². The Morgan fingerprint density at radius 1 is 1.60 bits per heavy atom. The van der Waals surface area contributed by atoms with E-state index in [0.29, 0.717) is 5.41 Å². The van der Waals surface area contributed by atoms with Crippen molar-refractivity contribution in [1.82, 2.24) is 0 Å². The van der Waals surface area contributed by atoms with E-state index in [1.807, 2.05) is 0 Å². The molecular formula is C10H14. The van der Waals surface area contributed by atoms with Crippen LogP contribution in [0.15, 0.2) is 24.8 Å². The predicted molar refractivity (Wildman–Crippen MR) is 43.7 cm³/mol. The molecule has 0 saturated heterocycles. The second kappa shape index (κ2) is 1.75. The highest BCUT2D eigenvalue weighted by molar-refractivity contribution is 5.18. The molecule has 0 spiro atoms. The SMILES string of the molecule is C=C[C@@]1(C)C[C@@H]2C=C[C@H]1C2. The molecule has 0 unspecified atom stereocenters. The molecule has 54 valence electrons. The van der Waals surface area contributed by atoms with Crippen molar-refractivity contribution in [3.63, 3.8) is 0 Å². The Balaban J connectivity index is 2.30. The summed E-state index contributed by atoms with van der Waals surface area (Å²) in [6.07, 6.45) is 9.59. The quantitative estimate of drug-likeness (QED) is 0.484. The first-order valence-corrected chi connectivity index (χ1v) is 4.06. The Labute approximate surface area is 62.6 Å². The van der Waals surface area contributed by atoms with E-state index in [9.17, 15) is 0 Å². The van der Waals surface area contributed by atoms with Crippen molar-refractivity contribution >= 4 is 0 Å². The standard InChI is InChI=1S/C10H14/c1-3-10(2)7-8-4-5-9(10)6-8/h3-5,8-9H,1,6-7H2,2H3/t8-,9+,10+/m1/s1. The van der Waals surface area contributed by atoms with E-state index in [1.165, 1.54) is 12.8 Å². The highest BCUT2D eigenvalue weighted by atomic mass is 14.5. The van der Waals surface area contributed by atoms with Gasteiger partial charge in [-0.15, -0.1) is 6.58 Å². The van der Waals surface area contributed by atoms with Crippen LogP contribution >= 0.6 is 0 Å². The highest BCUT2D eigenvalue weighted by Gasteiger charge is 2.42. The first-order chi connectivity index (χ1) is 4.74. The van der Waals surface area contributed by atoms with Crippen LogP contribution in [0.1, 0.15) is 19.8 Å². The lowest BCUT2D eigenvalue weighted by molar-refractivity contribution is 0.354. The molecule has 0 nitrogen and oxygen atoms in total. The molecule has 0 heteroatoms. The summed E-state index contributed by atoms with van der Waals surface area (Å²) in [5.74, 6) is 1.67. The zero-order valence-corrected chi connectivity index (χ0v) is 6.51. The van der Waals surface area contributed by atoms with Crippen molar-refractivity contribution in [2.24, 2.45) is 17.3 Å². The lowest BCUT2D eigenvalue weighted by Gasteiger charge is -2.26. The van der Waals surface area contributed by atoms with Gasteiger partial charge < -0.3 is 0 Å². The summed E-state index contributed by atoms with van der Waals surface area (Å²) in [6, 6.07) is 0. The first-order valence-electron chi connectivity index (χ1n) is 4.06. The molecule has 2 aliphatic rings. The molecule has 0 aromatic heterocycles. The fourth-order valence-electron chi connectivity index (χ4n) is 2.37. The number of allylic oxidation sites excluding steroid dienone is 3. The van der Waals surface area contributed by atoms with Crippen molar-refractivity contribution in [2.75, 3.05) is 0 Å². The van der Waals surface area contributed by atoms with Crippen LogP contribution in [0.4, 0.5) is 0 Å². The van der Waals surface area contributed by atoms with Gasteiger partial charge in [0.1, 0.15) is 0 Å². The zero-order valence-electron chi connectivity index (χ0n) is 6.51. The predicted octanol–water partition coefficient (Wildman–Crippen LogP) is 2.77. The Morgan fingerprint density at radius 2 is 2.40 bits per heavy atom. The van der Waals surface area contributed by atoms with Crippen LogP contribution in [-0.4, -0.2) is 0 Å².